The van der Waals surface area contributed by atoms with Gasteiger partial charge >= 0.3 is 0 Å². The number of carbonyl (C=O) groups is 1. The molecule has 0 radical (unpaired) electrons. The monoisotopic (exact) mass is 287 g/mol. The second-order valence-electron chi connectivity index (χ2n) is 4.55. The third-order valence-corrected chi connectivity index (χ3v) is 2.91. The largest absolute Gasteiger partial charge is 0.457 e. The normalized spacial score (nSPS) is 11.2. The first-order valence-electron chi connectivity index (χ1n) is 5.47. The molecule has 1 heterocycles. The van der Waals surface area contributed by atoms with Crippen LogP contribution in [-0.2, 0) is 0 Å². The molecular weight excluding hydrogens is 270 g/mol. The number of carbonyl (C=O) groups excluding carboxylic acids is 1. The Balaban J connectivity index is 2.88. The van der Waals surface area contributed by atoms with E-state index in [1.165, 1.54) is 6.26 Å². The summed E-state index contributed by atoms with van der Waals surface area (Å²) in [7, 11) is 0. The van der Waals surface area contributed by atoms with Gasteiger partial charge in [0, 0.05) is 12.6 Å². The van der Waals surface area contributed by atoms with Gasteiger partial charge < -0.3 is 9.32 Å². The second-order valence-corrected chi connectivity index (χ2v) is 5.27. The molecule has 0 spiro atoms. The van der Waals surface area contributed by atoms with Gasteiger partial charge in [-0.25, -0.2) is 0 Å². The summed E-state index contributed by atoms with van der Waals surface area (Å²) in [6, 6.07) is 1.89. The van der Waals surface area contributed by atoms with Crippen molar-refractivity contribution in [3.05, 3.63) is 22.6 Å². The van der Waals surface area contributed by atoms with Gasteiger partial charge in [0.25, 0.3) is 5.91 Å². The van der Waals surface area contributed by atoms with E-state index in [1.54, 1.807) is 6.07 Å². The number of hydrogen-bond acceptors (Lipinski definition) is 2. The number of rotatable bonds is 4. The molecule has 0 fully saturated rings. The molecule has 3 nitrogen and oxygen atoms in total. The first-order chi connectivity index (χ1) is 7.43. The zero-order valence-corrected chi connectivity index (χ0v) is 11.7. The van der Waals surface area contributed by atoms with Crippen LogP contribution in [0.1, 0.15) is 38.1 Å². The summed E-state index contributed by atoms with van der Waals surface area (Å²) in [5, 5.41) is 0. The lowest BCUT2D eigenvalue weighted by Gasteiger charge is -2.28. The molecule has 90 valence electrons. The Labute approximate surface area is 105 Å². The van der Waals surface area contributed by atoms with Crippen LogP contribution >= 0.6 is 15.9 Å². The number of halogens is 1. The number of hydrogen-bond donors (Lipinski definition) is 0. The Morgan fingerprint density at radius 3 is 2.44 bits per heavy atom. The van der Waals surface area contributed by atoms with Crippen molar-refractivity contribution < 1.29 is 9.21 Å². The Hall–Kier alpha value is -0.770. The lowest BCUT2D eigenvalue weighted by Crippen LogP contribution is -2.39. The summed E-state index contributed by atoms with van der Waals surface area (Å²) in [5.74, 6) is 0.473. The maximum absolute atomic E-state index is 12.2. The first kappa shape index (κ1) is 13.3. The molecule has 1 amide bonds. The Kier molecular flexibility index (Phi) is 4.59. The van der Waals surface area contributed by atoms with Crippen molar-refractivity contribution >= 4 is 21.8 Å². The van der Waals surface area contributed by atoms with E-state index in [9.17, 15) is 4.79 Å². The van der Waals surface area contributed by atoms with Crippen LogP contribution in [0.3, 0.4) is 0 Å². The van der Waals surface area contributed by atoms with Crippen LogP contribution in [0, 0.1) is 5.92 Å². The van der Waals surface area contributed by atoms with Crippen LogP contribution in [0.2, 0.25) is 0 Å². The summed E-state index contributed by atoms with van der Waals surface area (Å²) in [6.45, 7) is 9.01. The van der Waals surface area contributed by atoms with Crippen LogP contribution < -0.4 is 0 Å². The average molecular weight is 288 g/mol. The molecule has 1 aromatic rings. The van der Waals surface area contributed by atoms with E-state index in [4.69, 9.17) is 4.42 Å². The van der Waals surface area contributed by atoms with Crippen LogP contribution in [0.25, 0.3) is 0 Å². The number of furan rings is 1. The fourth-order valence-electron chi connectivity index (χ4n) is 1.52. The van der Waals surface area contributed by atoms with Crippen molar-refractivity contribution in [1.82, 2.24) is 4.90 Å². The SMILES string of the molecule is CC(C)CN(C(=O)c1ccoc1Br)C(C)C. The van der Waals surface area contributed by atoms with Crippen LogP contribution in [0.15, 0.2) is 21.4 Å². The van der Waals surface area contributed by atoms with E-state index in [-0.39, 0.29) is 11.9 Å². The van der Waals surface area contributed by atoms with Gasteiger partial charge in [-0.05, 0) is 41.8 Å². The van der Waals surface area contributed by atoms with Crippen molar-refractivity contribution in [2.45, 2.75) is 33.7 Å². The molecule has 1 rings (SSSR count). The van der Waals surface area contributed by atoms with Gasteiger partial charge in [0.05, 0.1) is 11.8 Å². The number of amides is 1. The third-order valence-electron chi connectivity index (χ3n) is 2.29. The first-order valence-corrected chi connectivity index (χ1v) is 6.26. The van der Waals surface area contributed by atoms with E-state index < -0.39 is 0 Å². The minimum Gasteiger partial charge on any atom is -0.457 e. The average Bonchev–Trinajstić information content (AvgIpc) is 2.59. The van der Waals surface area contributed by atoms with Crippen molar-refractivity contribution in [3.63, 3.8) is 0 Å². The molecule has 0 atom stereocenters. The molecule has 0 unspecified atom stereocenters. The van der Waals surface area contributed by atoms with Gasteiger partial charge in [-0.15, -0.1) is 0 Å². The standard InChI is InChI=1S/C12H18BrNO2/c1-8(2)7-14(9(3)4)12(15)10-5-6-16-11(10)13/h5-6,8-9H,7H2,1-4H3. The van der Waals surface area contributed by atoms with Gasteiger partial charge in [-0.1, -0.05) is 13.8 Å². The van der Waals surface area contributed by atoms with Crippen molar-refractivity contribution in [1.29, 1.82) is 0 Å². The summed E-state index contributed by atoms with van der Waals surface area (Å²) in [6.07, 6.45) is 1.52. The van der Waals surface area contributed by atoms with Crippen LogP contribution in [0.5, 0.6) is 0 Å². The maximum atomic E-state index is 12.2. The predicted octanol–water partition coefficient (Wildman–Crippen LogP) is 3.55. The van der Waals surface area contributed by atoms with Gasteiger partial charge in [0.15, 0.2) is 4.67 Å². The molecule has 0 N–H and O–H groups in total. The smallest absolute Gasteiger partial charge is 0.258 e. The number of nitrogens with zero attached hydrogens (tertiary/aromatic N) is 1. The summed E-state index contributed by atoms with van der Waals surface area (Å²) in [4.78, 5) is 14.1. The van der Waals surface area contributed by atoms with Gasteiger partial charge in [-0.3, -0.25) is 4.79 Å². The van der Waals surface area contributed by atoms with Crippen molar-refractivity contribution in [2.75, 3.05) is 6.54 Å². The minimum absolute atomic E-state index is 0.0179. The molecule has 0 aliphatic carbocycles. The van der Waals surface area contributed by atoms with E-state index in [1.807, 2.05) is 18.7 Å². The quantitative estimate of drug-likeness (QED) is 0.849. The zero-order chi connectivity index (χ0) is 12.3. The highest BCUT2D eigenvalue weighted by Crippen LogP contribution is 2.21. The molecule has 4 heteroatoms. The topological polar surface area (TPSA) is 33.5 Å². The molecule has 1 aromatic heterocycles. The van der Waals surface area contributed by atoms with E-state index in [0.29, 0.717) is 16.2 Å². The molecular formula is C12H18BrNO2. The summed E-state index contributed by atoms with van der Waals surface area (Å²) < 4.78 is 5.60. The van der Waals surface area contributed by atoms with Gasteiger partial charge in [0.1, 0.15) is 0 Å². The van der Waals surface area contributed by atoms with E-state index in [2.05, 4.69) is 29.8 Å². The highest BCUT2D eigenvalue weighted by Gasteiger charge is 2.22. The Bertz CT molecular complexity index is 358. The molecule has 0 aromatic carbocycles. The van der Waals surface area contributed by atoms with Gasteiger partial charge in [0.2, 0.25) is 0 Å². The fraction of sp³-hybridized carbons (Fsp3) is 0.583. The van der Waals surface area contributed by atoms with Crippen LogP contribution in [-0.4, -0.2) is 23.4 Å². The van der Waals surface area contributed by atoms with E-state index in [0.717, 1.165) is 6.54 Å². The molecule has 0 aliphatic heterocycles. The maximum Gasteiger partial charge on any atom is 0.258 e. The highest BCUT2D eigenvalue weighted by atomic mass is 79.9. The predicted molar refractivity (Wildman–Crippen MR) is 67.4 cm³/mol. The lowest BCUT2D eigenvalue weighted by molar-refractivity contribution is 0.0680. The minimum atomic E-state index is 0.0179. The molecule has 0 saturated carbocycles. The summed E-state index contributed by atoms with van der Waals surface area (Å²) >= 11 is 3.24. The molecule has 0 bridgehead atoms. The van der Waals surface area contributed by atoms with Crippen molar-refractivity contribution in [2.24, 2.45) is 5.92 Å². The molecule has 0 saturated heterocycles. The van der Waals surface area contributed by atoms with Crippen LogP contribution in [0.4, 0.5) is 0 Å². The second kappa shape index (κ2) is 5.53. The third kappa shape index (κ3) is 3.11. The van der Waals surface area contributed by atoms with E-state index >= 15 is 0 Å². The zero-order valence-electron chi connectivity index (χ0n) is 10.2. The Morgan fingerprint density at radius 1 is 1.44 bits per heavy atom. The summed E-state index contributed by atoms with van der Waals surface area (Å²) in [5.41, 5.74) is 0.592. The fourth-order valence-corrected chi connectivity index (χ4v) is 1.93. The van der Waals surface area contributed by atoms with Gasteiger partial charge in [-0.2, -0.15) is 0 Å². The Morgan fingerprint density at radius 2 is 2.06 bits per heavy atom. The molecule has 16 heavy (non-hydrogen) atoms. The highest BCUT2D eigenvalue weighted by molar-refractivity contribution is 9.10. The molecule has 0 aliphatic rings. The lowest BCUT2D eigenvalue weighted by atomic mass is 10.1. The van der Waals surface area contributed by atoms with Crippen molar-refractivity contribution in [3.8, 4) is 0 Å².